The standard InChI is InChI=1S/C26H18ClN3O8/c1-37-25(33)17-6-8-18(9-7-17)29-24(32)20(23(31)28-26(29)34)12-15-5-10-22(21(27)13-15)38-14-16-3-2-4-19(11-16)30(35)36/h2-13H,14H2,1H3,(H,28,31,34)/b20-12+. The maximum Gasteiger partial charge on any atom is 0.337 e. The number of benzene rings is 3. The summed E-state index contributed by atoms with van der Waals surface area (Å²) in [6.07, 6.45) is 1.27. The van der Waals surface area contributed by atoms with Crippen LogP contribution in [-0.4, -0.2) is 35.8 Å². The highest BCUT2D eigenvalue weighted by atomic mass is 35.5. The molecule has 0 aromatic heterocycles. The van der Waals surface area contributed by atoms with Crippen LogP contribution in [0.25, 0.3) is 6.08 Å². The average molecular weight is 536 g/mol. The van der Waals surface area contributed by atoms with Crippen LogP contribution in [0.4, 0.5) is 16.2 Å². The van der Waals surface area contributed by atoms with Crippen LogP contribution in [0.5, 0.6) is 5.75 Å². The van der Waals surface area contributed by atoms with E-state index in [0.717, 1.165) is 4.90 Å². The van der Waals surface area contributed by atoms with Gasteiger partial charge in [-0.25, -0.2) is 14.5 Å². The van der Waals surface area contributed by atoms with E-state index >= 15 is 0 Å². The zero-order valence-electron chi connectivity index (χ0n) is 19.7. The molecule has 0 saturated carbocycles. The van der Waals surface area contributed by atoms with Gasteiger partial charge in [0.2, 0.25) is 0 Å². The second kappa shape index (κ2) is 10.9. The number of methoxy groups -OCH3 is 1. The number of non-ortho nitro benzene ring substituents is 1. The van der Waals surface area contributed by atoms with Gasteiger partial charge < -0.3 is 9.47 Å². The van der Waals surface area contributed by atoms with Crippen molar-refractivity contribution in [3.63, 3.8) is 0 Å². The molecule has 1 aliphatic heterocycles. The molecule has 12 heteroatoms. The summed E-state index contributed by atoms with van der Waals surface area (Å²) in [5, 5.41) is 13.2. The minimum Gasteiger partial charge on any atom is -0.487 e. The molecule has 3 aromatic rings. The van der Waals surface area contributed by atoms with Crippen molar-refractivity contribution in [1.82, 2.24) is 5.32 Å². The number of nitro benzene ring substituents is 1. The molecule has 0 radical (unpaired) electrons. The van der Waals surface area contributed by atoms with Crippen LogP contribution in [-0.2, 0) is 20.9 Å². The highest BCUT2D eigenvalue weighted by Crippen LogP contribution is 2.29. The van der Waals surface area contributed by atoms with E-state index in [1.54, 1.807) is 18.2 Å². The van der Waals surface area contributed by atoms with Crippen molar-refractivity contribution in [3.8, 4) is 5.75 Å². The maximum absolute atomic E-state index is 13.1. The first-order chi connectivity index (χ1) is 18.2. The van der Waals surface area contributed by atoms with E-state index in [0.29, 0.717) is 11.1 Å². The Morgan fingerprint density at radius 2 is 1.82 bits per heavy atom. The van der Waals surface area contributed by atoms with Crippen molar-refractivity contribution in [3.05, 3.63) is 104 Å². The fraction of sp³-hybridized carbons (Fsp3) is 0.0769. The van der Waals surface area contributed by atoms with E-state index in [9.17, 15) is 29.3 Å². The summed E-state index contributed by atoms with van der Waals surface area (Å²) in [7, 11) is 1.22. The summed E-state index contributed by atoms with van der Waals surface area (Å²) >= 11 is 6.32. The number of esters is 1. The third-order valence-electron chi connectivity index (χ3n) is 5.43. The summed E-state index contributed by atoms with van der Waals surface area (Å²) in [5.74, 6) is -2.06. The van der Waals surface area contributed by atoms with Crippen molar-refractivity contribution in [2.75, 3.05) is 12.0 Å². The smallest absolute Gasteiger partial charge is 0.337 e. The summed E-state index contributed by atoms with van der Waals surface area (Å²) in [5.41, 5.74) is 0.920. The van der Waals surface area contributed by atoms with Gasteiger partial charge in [-0.15, -0.1) is 0 Å². The average Bonchev–Trinajstić information content (AvgIpc) is 2.90. The topological polar surface area (TPSA) is 145 Å². The summed E-state index contributed by atoms with van der Waals surface area (Å²) in [4.78, 5) is 60.8. The molecule has 0 aliphatic carbocycles. The molecule has 4 rings (SSSR count). The molecule has 0 unspecified atom stereocenters. The Balaban J connectivity index is 1.53. The monoisotopic (exact) mass is 535 g/mol. The van der Waals surface area contributed by atoms with Crippen LogP contribution in [0, 0.1) is 10.1 Å². The van der Waals surface area contributed by atoms with Gasteiger partial charge in [0.1, 0.15) is 17.9 Å². The zero-order chi connectivity index (χ0) is 27.4. The Labute approximate surface area is 220 Å². The largest absolute Gasteiger partial charge is 0.487 e. The van der Waals surface area contributed by atoms with Gasteiger partial charge >= 0.3 is 12.0 Å². The highest BCUT2D eigenvalue weighted by molar-refractivity contribution is 6.39. The van der Waals surface area contributed by atoms with Gasteiger partial charge in [0, 0.05) is 12.1 Å². The van der Waals surface area contributed by atoms with Crippen LogP contribution in [0.3, 0.4) is 0 Å². The van der Waals surface area contributed by atoms with E-state index in [1.807, 2.05) is 0 Å². The summed E-state index contributed by atoms with van der Waals surface area (Å²) in [6.45, 7) is 0.0224. The second-order valence-electron chi connectivity index (χ2n) is 7.90. The van der Waals surface area contributed by atoms with Crippen molar-refractivity contribution in [2.45, 2.75) is 6.61 Å². The first-order valence-electron chi connectivity index (χ1n) is 10.9. The predicted octanol–water partition coefficient (Wildman–Crippen LogP) is 4.28. The number of carbonyl (C=O) groups is 4. The Bertz CT molecular complexity index is 1500. The van der Waals surface area contributed by atoms with E-state index < -0.39 is 28.7 Å². The van der Waals surface area contributed by atoms with E-state index in [4.69, 9.17) is 16.3 Å². The number of amides is 4. The van der Waals surface area contributed by atoms with Gasteiger partial charge in [-0.1, -0.05) is 29.8 Å². The third kappa shape index (κ3) is 5.52. The second-order valence-corrected chi connectivity index (χ2v) is 8.31. The first-order valence-corrected chi connectivity index (χ1v) is 11.3. The lowest BCUT2D eigenvalue weighted by atomic mass is 10.1. The number of nitro groups is 1. The molecule has 1 N–H and O–H groups in total. The Hall–Kier alpha value is -5.03. The molecule has 3 aromatic carbocycles. The molecule has 0 atom stereocenters. The maximum atomic E-state index is 13.1. The lowest BCUT2D eigenvalue weighted by molar-refractivity contribution is -0.384. The summed E-state index contributed by atoms with van der Waals surface area (Å²) < 4.78 is 10.3. The van der Waals surface area contributed by atoms with Crippen LogP contribution >= 0.6 is 11.6 Å². The molecule has 1 aliphatic rings. The van der Waals surface area contributed by atoms with Gasteiger partial charge in [-0.2, -0.15) is 0 Å². The normalized spacial score (nSPS) is 14.3. The third-order valence-corrected chi connectivity index (χ3v) is 5.73. The lowest BCUT2D eigenvalue weighted by Gasteiger charge is -2.26. The van der Waals surface area contributed by atoms with E-state index in [2.05, 4.69) is 10.1 Å². The number of ether oxygens (including phenoxy) is 2. The fourth-order valence-electron chi connectivity index (χ4n) is 3.57. The molecule has 1 saturated heterocycles. The van der Waals surface area contributed by atoms with Crippen molar-refractivity contribution < 1.29 is 33.6 Å². The first kappa shape index (κ1) is 26.0. The van der Waals surface area contributed by atoms with Crippen molar-refractivity contribution in [1.29, 1.82) is 0 Å². The number of urea groups is 1. The fourth-order valence-corrected chi connectivity index (χ4v) is 3.81. The molecule has 1 heterocycles. The van der Waals surface area contributed by atoms with Gasteiger partial charge in [0.15, 0.2) is 0 Å². The van der Waals surface area contributed by atoms with Gasteiger partial charge in [-0.05, 0) is 53.6 Å². The number of imide groups is 2. The number of anilines is 1. The number of hydrogen-bond acceptors (Lipinski definition) is 8. The SMILES string of the molecule is COC(=O)c1ccc(N2C(=O)NC(=O)/C(=C\c3ccc(OCc4cccc([N+](=O)[O-])c4)c(Cl)c3)C2=O)cc1. The highest BCUT2D eigenvalue weighted by Gasteiger charge is 2.36. The quantitative estimate of drug-likeness (QED) is 0.155. The predicted molar refractivity (Wildman–Crippen MR) is 136 cm³/mol. The molecule has 38 heavy (non-hydrogen) atoms. The van der Waals surface area contributed by atoms with Gasteiger partial charge in [0.25, 0.3) is 17.5 Å². The molecular weight excluding hydrogens is 518 g/mol. The zero-order valence-corrected chi connectivity index (χ0v) is 20.4. The molecule has 0 bridgehead atoms. The van der Waals surface area contributed by atoms with Crippen LogP contribution in [0.1, 0.15) is 21.5 Å². The van der Waals surface area contributed by atoms with Crippen LogP contribution in [0.2, 0.25) is 5.02 Å². The molecule has 1 fully saturated rings. The molecule has 192 valence electrons. The Morgan fingerprint density at radius 1 is 1.08 bits per heavy atom. The van der Waals surface area contributed by atoms with E-state index in [1.165, 1.54) is 61.7 Å². The lowest BCUT2D eigenvalue weighted by Crippen LogP contribution is -2.54. The molecule has 11 nitrogen and oxygen atoms in total. The van der Waals surface area contributed by atoms with Crippen molar-refractivity contribution >= 4 is 52.9 Å². The number of carbonyl (C=O) groups excluding carboxylic acids is 4. The number of rotatable bonds is 7. The molecule has 4 amide bonds. The minimum atomic E-state index is -0.939. The minimum absolute atomic E-state index is 0.0224. The summed E-state index contributed by atoms with van der Waals surface area (Å²) in [6, 6.07) is 15.1. The number of halogens is 1. The number of hydrogen-bond donors (Lipinski definition) is 1. The Kier molecular flexibility index (Phi) is 7.49. The number of nitrogens with zero attached hydrogens (tertiary/aromatic N) is 2. The van der Waals surface area contributed by atoms with Crippen molar-refractivity contribution in [2.24, 2.45) is 0 Å². The van der Waals surface area contributed by atoms with E-state index in [-0.39, 0.29) is 39.9 Å². The van der Waals surface area contributed by atoms with Crippen LogP contribution in [0.15, 0.2) is 72.3 Å². The Morgan fingerprint density at radius 3 is 2.47 bits per heavy atom. The van der Waals surface area contributed by atoms with Gasteiger partial charge in [-0.3, -0.25) is 25.0 Å². The number of nitrogens with one attached hydrogen (secondary N) is 1. The van der Waals surface area contributed by atoms with Gasteiger partial charge in [0.05, 0.1) is 28.3 Å². The number of barbiturate groups is 1. The molecular formula is C26H18ClN3O8. The molecule has 0 spiro atoms. The van der Waals surface area contributed by atoms with Crippen LogP contribution < -0.4 is 15.0 Å².